The molecule has 1 aromatic carbocycles. The molecule has 0 unspecified atom stereocenters. The van der Waals surface area contributed by atoms with Crippen LogP contribution in [0.5, 0.6) is 0 Å². The second-order valence-electron chi connectivity index (χ2n) is 7.94. The minimum atomic E-state index is -0.314. The number of halogens is 1. The van der Waals surface area contributed by atoms with Crippen molar-refractivity contribution in [1.29, 1.82) is 0 Å². The Hall–Kier alpha value is -2.43. The molecule has 0 saturated carbocycles. The van der Waals surface area contributed by atoms with Crippen LogP contribution in [0, 0.1) is 18.2 Å². The molecule has 0 spiro atoms. The van der Waals surface area contributed by atoms with E-state index in [1.54, 1.807) is 31.0 Å². The van der Waals surface area contributed by atoms with Gasteiger partial charge in [-0.3, -0.25) is 9.59 Å². The Morgan fingerprint density at radius 1 is 1.23 bits per heavy atom. The molecular weight excluding hydrogens is 333 g/mol. The molecule has 4 nitrogen and oxygen atoms in total. The lowest BCUT2D eigenvalue weighted by molar-refractivity contribution is 0.0704. The third-order valence-electron chi connectivity index (χ3n) is 5.22. The van der Waals surface area contributed by atoms with Gasteiger partial charge in [0.05, 0.1) is 11.6 Å². The van der Waals surface area contributed by atoms with Crippen LogP contribution in [-0.4, -0.2) is 23.6 Å². The van der Waals surface area contributed by atoms with Crippen LogP contribution in [0.25, 0.3) is 0 Å². The standard InChI is InChI=1S/C21H24FNO3/c1-12-18-16(24)10-21(3,4)11-17(18)26-19(12)20(25)23(5)13(2)14-6-8-15(22)9-7-14/h6-9,13H,10-11H2,1-5H3/t13-/m1/s1. The average molecular weight is 357 g/mol. The lowest BCUT2D eigenvalue weighted by Crippen LogP contribution is -2.30. The number of fused-ring (bicyclic) bond motifs is 1. The summed E-state index contributed by atoms with van der Waals surface area (Å²) >= 11 is 0. The fourth-order valence-electron chi connectivity index (χ4n) is 3.59. The van der Waals surface area contributed by atoms with Gasteiger partial charge in [-0.25, -0.2) is 4.39 Å². The van der Waals surface area contributed by atoms with Gasteiger partial charge < -0.3 is 9.32 Å². The van der Waals surface area contributed by atoms with Gasteiger partial charge >= 0.3 is 0 Å². The van der Waals surface area contributed by atoms with E-state index in [1.165, 1.54) is 12.1 Å². The van der Waals surface area contributed by atoms with Crippen LogP contribution in [0.3, 0.4) is 0 Å². The van der Waals surface area contributed by atoms with Crippen LogP contribution >= 0.6 is 0 Å². The zero-order chi connectivity index (χ0) is 19.2. The van der Waals surface area contributed by atoms with E-state index in [2.05, 4.69) is 0 Å². The van der Waals surface area contributed by atoms with Gasteiger partial charge in [0.15, 0.2) is 11.5 Å². The van der Waals surface area contributed by atoms with E-state index in [0.717, 1.165) is 5.56 Å². The average Bonchev–Trinajstić information content (AvgIpc) is 2.88. The lowest BCUT2D eigenvalue weighted by Gasteiger charge is -2.27. The maximum absolute atomic E-state index is 13.1. The Kier molecular flexibility index (Phi) is 4.51. The number of furan rings is 1. The van der Waals surface area contributed by atoms with Crippen molar-refractivity contribution in [3.05, 3.63) is 58.3 Å². The molecule has 3 rings (SSSR count). The Labute approximate surface area is 153 Å². The molecule has 2 aromatic rings. The first kappa shape index (κ1) is 18.4. The monoisotopic (exact) mass is 357 g/mol. The van der Waals surface area contributed by atoms with Crippen molar-refractivity contribution in [2.24, 2.45) is 5.41 Å². The van der Waals surface area contributed by atoms with Gasteiger partial charge in [-0.15, -0.1) is 0 Å². The highest BCUT2D eigenvalue weighted by atomic mass is 19.1. The number of rotatable bonds is 3. The van der Waals surface area contributed by atoms with Gasteiger partial charge in [0.1, 0.15) is 11.6 Å². The highest BCUT2D eigenvalue weighted by Crippen LogP contribution is 2.39. The molecule has 0 N–H and O–H groups in total. The van der Waals surface area contributed by atoms with E-state index in [4.69, 9.17) is 4.42 Å². The summed E-state index contributed by atoms with van der Waals surface area (Å²) in [6, 6.07) is 5.83. The van der Waals surface area contributed by atoms with Gasteiger partial charge in [0.2, 0.25) is 0 Å². The highest BCUT2D eigenvalue weighted by Gasteiger charge is 2.37. The van der Waals surface area contributed by atoms with E-state index in [-0.39, 0.29) is 34.7 Å². The maximum atomic E-state index is 13.1. The molecule has 0 aliphatic heterocycles. The van der Waals surface area contributed by atoms with Crippen molar-refractivity contribution in [3.8, 4) is 0 Å². The first-order valence-electron chi connectivity index (χ1n) is 8.79. The van der Waals surface area contributed by atoms with Crippen molar-refractivity contribution in [3.63, 3.8) is 0 Å². The third kappa shape index (κ3) is 3.18. The summed E-state index contributed by atoms with van der Waals surface area (Å²) in [7, 11) is 1.68. The van der Waals surface area contributed by atoms with Crippen molar-refractivity contribution >= 4 is 11.7 Å². The molecule has 138 valence electrons. The molecule has 1 aromatic heterocycles. The number of nitrogens with zero attached hydrogens (tertiary/aromatic N) is 1. The topological polar surface area (TPSA) is 50.5 Å². The van der Waals surface area contributed by atoms with Crippen LogP contribution in [-0.2, 0) is 6.42 Å². The summed E-state index contributed by atoms with van der Waals surface area (Å²) in [5.41, 5.74) is 1.84. The fraction of sp³-hybridized carbons (Fsp3) is 0.429. The molecule has 0 fully saturated rings. The van der Waals surface area contributed by atoms with E-state index in [1.807, 2.05) is 20.8 Å². The number of Topliss-reactive ketones (excluding diaryl/α,β-unsaturated/α-hetero) is 1. The smallest absolute Gasteiger partial charge is 0.290 e. The molecule has 0 saturated heterocycles. The van der Waals surface area contributed by atoms with Crippen LogP contribution in [0.15, 0.2) is 28.7 Å². The number of carbonyl (C=O) groups excluding carboxylic acids is 2. The Morgan fingerprint density at radius 2 is 1.85 bits per heavy atom. The van der Waals surface area contributed by atoms with Crippen LogP contribution in [0.2, 0.25) is 0 Å². The molecule has 26 heavy (non-hydrogen) atoms. The first-order chi connectivity index (χ1) is 12.1. The van der Waals surface area contributed by atoms with Crippen LogP contribution in [0.1, 0.15) is 71.0 Å². The predicted octanol–water partition coefficient (Wildman–Crippen LogP) is 4.72. The predicted molar refractivity (Wildman–Crippen MR) is 96.8 cm³/mol. The summed E-state index contributed by atoms with van der Waals surface area (Å²) in [6.07, 6.45) is 1.09. The normalized spacial score (nSPS) is 16.9. The van der Waals surface area contributed by atoms with Gasteiger partial charge in [-0.1, -0.05) is 26.0 Å². The number of amides is 1. The van der Waals surface area contributed by atoms with Gasteiger partial charge in [0, 0.05) is 25.5 Å². The van der Waals surface area contributed by atoms with E-state index in [9.17, 15) is 14.0 Å². The molecular formula is C21H24FNO3. The third-order valence-corrected chi connectivity index (χ3v) is 5.22. The minimum Gasteiger partial charge on any atom is -0.455 e. The van der Waals surface area contributed by atoms with Gasteiger partial charge in [-0.2, -0.15) is 0 Å². The highest BCUT2D eigenvalue weighted by molar-refractivity contribution is 6.03. The Balaban J connectivity index is 1.91. The zero-order valence-corrected chi connectivity index (χ0v) is 15.9. The second kappa shape index (κ2) is 6.38. The summed E-state index contributed by atoms with van der Waals surface area (Å²) in [6.45, 7) is 7.69. The zero-order valence-electron chi connectivity index (χ0n) is 15.9. The van der Waals surface area contributed by atoms with Crippen molar-refractivity contribution < 1.29 is 18.4 Å². The number of benzene rings is 1. The summed E-state index contributed by atoms with van der Waals surface area (Å²) in [5, 5.41) is 0. The molecule has 0 radical (unpaired) electrons. The van der Waals surface area contributed by atoms with Crippen molar-refractivity contribution in [1.82, 2.24) is 4.90 Å². The quantitative estimate of drug-likeness (QED) is 0.799. The van der Waals surface area contributed by atoms with E-state index in [0.29, 0.717) is 29.7 Å². The largest absolute Gasteiger partial charge is 0.455 e. The minimum absolute atomic E-state index is 0.0331. The fourth-order valence-corrected chi connectivity index (χ4v) is 3.59. The summed E-state index contributed by atoms with van der Waals surface area (Å²) in [5.74, 6) is 0.267. The SMILES string of the molecule is Cc1c(C(=O)N(C)[C@H](C)c2ccc(F)cc2)oc2c1C(=O)CC(C)(C)C2. The number of carbonyl (C=O) groups is 2. The molecule has 1 aliphatic rings. The molecule has 0 bridgehead atoms. The maximum Gasteiger partial charge on any atom is 0.290 e. The van der Waals surface area contributed by atoms with Crippen LogP contribution < -0.4 is 0 Å². The molecule has 1 atom stereocenters. The van der Waals surface area contributed by atoms with Gasteiger partial charge in [-0.05, 0) is 37.0 Å². The number of hydrogen-bond donors (Lipinski definition) is 0. The number of hydrogen-bond acceptors (Lipinski definition) is 3. The lowest BCUT2D eigenvalue weighted by atomic mass is 9.76. The van der Waals surface area contributed by atoms with Crippen LogP contribution in [0.4, 0.5) is 4.39 Å². The van der Waals surface area contributed by atoms with Crippen molar-refractivity contribution in [2.45, 2.75) is 46.6 Å². The Bertz CT molecular complexity index is 864. The van der Waals surface area contributed by atoms with E-state index < -0.39 is 0 Å². The molecule has 1 amide bonds. The molecule has 5 heteroatoms. The second-order valence-corrected chi connectivity index (χ2v) is 7.94. The Morgan fingerprint density at radius 3 is 2.46 bits per heavy atom. The summed E-state index contributed by atoms with van der Waals surface area (Å²) < 4.78 is 19.0. The molecule has 1 aliphatic carbocycles. The molecule has 1 heterocycles. The van der Waals surface area contributed by atoms with Crippen molar-refractivity contribution in [2.75, 3.05) is 7.05 Å². The summed E-state index contributed by atoms with van der Waals surface area (Å²) in [4.78, 5) is 27.0. The number of ketones is 1. The van der Waals surface area contributed by atoms with Gasteiger partial charge in [0.25, 0.3) is 5.91 Å². The van der Waals surface area contributed by atoms with E-state index >= 15 is 0 Å². The first-order valence-corrected chi connectivity index (χ1v) is 8.79.